The van der Waals surface area contributed by atoms with Crippen LogP contribution in [0.3, 0.4) is 0 Å². The molecule has 0 aliphatic rings. The number of benzene rings is 1. The maximum absolute atomic E-state index is 12.1. The lowest BCUT2D eigenvalue weighted by atomic mass is 10.1. The van der Waals surface area contributed by atoms with E-state index in [1.54, 1.807) is 34.5 Å². The molecule has 2 aromatic rings. The van der Waals surface area contributed by atoms with Crippen LogP contribution in [0, 0.1) is 17.0 Å². The van der Waals surface area contributed by atoms with E-state index in [-0.39, 0.29) is 11.4 Å². The first-order valence-corrected chi connectivity index (χ1v) is 6.53. The van der Waals surface area contributed by atoms with E-state index in [0.29, 0.717) is 18.7 Å². The second-order valence-electron chi connectivity index (χ2n) is 4.72. The van der Waals surface area contributed by atoms with Crippen LogP contribution in [0.15, 0.2) is 35.4 Å². The molecule has 0 radical (unpaired) electrons. The highest BCUT2D eigenvalue weighted by atomic mass is 16.6. The number of nitro groups is 1. The molecule has 0 saturated carbocycles. The van der Waals surface area contributed by atoms with Gasteiger partial charge in [-0.05, 0) is 18.9 Å². The van der Waals surface area contributed by atoms with Crippen molar-refractivity contribution in [2.75, 3.05) is 0 Å². The third kappa shape index (κ3) is 2.64. The van der Waals surface area contributed by atoms with E-state index >= 15 is 0 Å². The number of imidazole rings is 1. The first-order valence-electron chi connectivity index (χ1n) is 6.53. The molecule has 2 rings (SSSR count). The summed E-state index contributed by atoms with van der Waals surface area (Å²) < 4.78 is 3.22. The molecular weight excluding hydrogens is 258 g/mol. The first-order chi connectivity index (χ1) is 9.54. The maximum atomic E-state index is 12.1. The molecule has 0 aliphatic carbocycles. The van der Waals surface area contributed by atoms with Gasteiger partial charge >= 0.3 is 5.69 Å². The fourth-order valence-electron chi connectivity index (χ4n) is 2.21. The van der Waals surface area contributed by atoms with Gasteiger partial charge in [0.25, 0.3) is 5.69 Å². The van der Waals surface area contributed by atoms with Gasteiger partial charge in [-0.1, -0.05) is 19.1 Å². The molecule has 6 heteroatoms. The van der Waals surface area contributed by atoms with Crippen molar-refractivity contribution in [1.82, 2.24) is 9.13 Å². The van der Waals surface area contributed by atoms with Crippen LogP contribution in [0.1, 0.15) is 24.5 Å². The Morgan fingerprint density at radius 3 is 2.60 bits per heavy atom. The average molecular weight is 275 g/mol. The van der Waals surface area contributed by atoms with Crippen molar-refractivity contribution in [2.45, 2.75) is 33.4 Å². The fourth-order valence-corrected chi connectivity index (χ4v) is 2.21. The molecule has 1 aromatic heterocycles. The second-order valence-corrected chi connectivity index (χ2v) is 4.72. The van der Waals surface area contributed by atoms with Crippen LogP contribution in [0.2, 0.25) is 0 Å². The molecule has 0 fully saturated rings. The standard InChI is InChI=1S/C14H17N3O3/c1-3-7-15-8-9-16(14(15)18)10-12-5-4-6-13(11(12)2)17(19)20/h4-6,8-9H,3,7,10H2,1-2H3. The minimum Gasteiger partial charge on any atom is -0.299 e. The fraction of sp³-hybridized carbons (Fsp3) is 0.357. The molecule has 0 unspecified atom stereocenters. The Kier molecular flexibility index (Phi) is 4.02. The van der Waals surface area contributed by atoms with Crippen LogP contribution in [-0.2, 0) is 13.1 Å². The summed E-state index contributed by atoms with van der Waals surface area (Å²) >= 11 is 0. The van der Waals surface area contributed by atoms with E-state index in [1.807, 2.05) is 13.0 Å². The predicted molar refractivity (Wildman–Crippen MR) is 75.9 cm³/mol. The van der Waals surface area contributed by atoms with Crippen molar-refractivity contribution in [3.05, 3.63) is 62.3 Å². The smallest absolute Gasteiger partial charge is 0.299 e. The van der Waals surface area contributed by atoms with Crippen molar-refractivity contribution in [3.63, 3.8) is 0 Å². The average Bonchev–Trinajstić information content (AvgIpc) is 2.74. The third-order valence-corrected chi connectivity index (χ3v) is 3.34. The van der Waals surface area contributed by atoms with E-state index < -0.39 is 4.92 Å². The van der Waals surface area contributed by atoms with Gasteiger partial charge in [-0.15, -0.1) is 0 Å². The van der Waals surface area contributed by atoms with E-state index in [2.05, 4.69) is 0 Å². The van der Waals surface area contributed by atoms with Crippen molar-refractivity contribution in [3.8, 4) is 0 Å². The van der Waals surface area contributed by atoms with Crippen LogP contribution in [-0.4, -0.2) is 14.1 Å². The second kappa shape index (κ2) is 5.73. The number of rotatable bonds is 5. The summed E-state index contributed by atoms with van der Waals surface area (Å²) in [6, 6.07) is 4.93. The maximum Gasteiger partial charge on any atom is 0.328 e. The zero-order valence-electron chi connectivity index (χ0n) is 11.6. The number of aromatic nitrogens is 2. The van der Waals surface area contributed by atoms with Gasteiger partial charge in [0, 0.05) is 30.6 Å². The molecule has 1 heterocycles. The SMILES string of the molecule is CCCn1ccn(Cc2cccc([N+](=O)[O-])c2C)c1=O. The molecule has 0 N–H and O–H groups in total. The van der Waals surface area contributed by atoms with E-state index in [1.165, 1.54) is 6.07 Å². The van der Waals surface area contributed by atoms with Crippen molar-refractivity contribution in [1.29, 1.82) is 0 Å². The van der Waals surface area contributed by atoms with E-state index in [4.69, 9.17) is 0 Å². The van der Waals surface area contributed by atoms with Crippen LogP contribution in [0.5, 0.6) is 0 Å². The van der Waals surface area contributed by atoms with Crippen molar-refractivity contribution < 1.29 is 4.92 Å². The van der Waals surface area contributed by atoms with E-state index in [0.717, 1.165) is 12.0 Å². The highest BCUT2D eigenvalue weighted by Crippen LogP contribution is 2.21. The Bertz CT molecular complexity index is 685. The molecule has 0 amide bonds. The summed E-state index contributed by atoms with van der Waals surface area (Å²) in [7, 11) is 0. The van der Waals surface area contributed by atoms with Crippen LogP contribution >= 0.6 is 0 Å². The van der Waals surface area contributed by atoms with Gasteiger partial charge in [0.1, 0.15) is 0 Å². The number of aryl methyl sites for hydroxylation is 1. The Hall–Kier alpha value is -2.37. The first kappa shape index (κ1) is 14.0. The molecular formula is C14H17N3O3. The summed E-state index contributed by atoms with van der Waals surface area (Å²) in [6.07, 6.45) is 4.36. The Morgan fingerprint density at radius 2 is 1.95 bits per heavy atom. The summed E-state index contributed by atoms with van der Waals surface area (Å²) in [5, 5.41) is 10.9. The topological polar surface area (TPSA) is 70.1 Å². The number of hydrogen-bond acceptors (Lipinski definition) is 3. The largest absolute Gasteiger partial charge is 0.328 e. The van der Waals surface area contributed by atoms with Gasteiger partial charge < -0.3 is 0 Å². The summed E-state index contributed by atoms with van der Waals surface area (Å²) in [5.41, 5.74) is 1.39. The third-order valence-electron chi connectivity index (χ3n) is 3.34. The lowest BCUT2D eigenvalue weighted by Gasteiger charge is -2.06. The molecule has 106 valence electrons. The zero-order valence-corrected chi connectivity index (χ0v) is 11.6. The quantitative estimate of drug-likeness (QED) is 0.621. The molecule has 0 bridgehead atoms. The number of hydrogen-bond donors (Lipinski definition) is 0. The minimum absolute atomic E-state index is 0.0854. The number of nitro benzene ring substituents is 1. The monoisotopic (exact) mass is 275 g/mol. The van der Waals surface area contributed by atoms with Crippen LogP contribution in [0.25, 0.3) is 0 Å². The van der Waals surface area contributed by atoms with Crippen molar-refractivity contribution in [2.24, 2.45) is 0 Å². The summed E-state index contributed by atoms with van der Waals surface area (Å²) in [4.78, 5) is 22.6. The summed E-state index contributed by atoms with van der Waals surface area (Å²) in [5.74, 6) is 0. The Balaban J connectivity index is 2.33. The zero-order chi connectivity index (χ0) is 14.7. The Labute approximate surface area is 116 Å². The Morgan fingerprint density at radius 1 is 1.25 bits per heavy atom. The molecule has 0 atom stereocenters. The van der Waals surface area contributed by atoms with E-state index in [9.17, 15) is 14.9 Å². The molecule has 0 spiro atoms. The molecule has 20 heavy (non-hydrogen) atoms. The highest BCUT2D eigenvalue weighted by molar-refractivity contribution is 5.44. The number of nitrogens with zero attached hydrogens (tertiary/aromatic N) is 3. The predicted octanol–water partition coefficient (Wildman–Crippen LogP) is 2.32. The van der Waals surface area contributed by atoms with Gasteiger partial charge in [-0.3, -0.25) is 19.2 Å². The molecule has 1 aromatic carbocycles. The van der Waals surface area contributed by atoms with Crippen LogP contribution < -0.4 is 5.69 Å². The lowest BCUT2D eigenvalue weighted by Crippen LogP contribution is -2.24. The van der Waals surface area contributed by atoms with Gasteiger partial charge in [0.2, 0.25) is 0 Å². The van der Waals surface area contributed by atoms with Crippen LogP contribution in [0.4, 0.5) is 5.69 Å². The molecule has 0 saturated heterocycles. The normalized spacial score (nSPS) is 10.7. The van der Waals surface area contributed by atoms with Gasteiger partial charge in [-0.2, -0.15) is 0 Å². The highest BCUT2D eigenvalue weighted by Gasteiger charge is 2.14. The lowest BCUT2D eigenvalue weighted by molar-refractivity contribution is -0.385. The molecule has 0 aliphatic heterocycles. The minimum atomic E-state index is -0.399. The molecule has 6 nitrogen and oxygen atoms in total. The van der Waals surface area contributed by atoms with Crippen molar-refractivity contribution >= 4 is 5.69 Å². The summed E-state index contributed by atoms with van der Waals surface area (Å²) in [6.45, 7) is 4.75. The van der Waals surface area contributed by atoms with Gasteiger partial charge in [0.15, 0.2) is 0 Å². The van der Waals surface area contributed by atoms with Gasteiger partial charge in [0.05, 0.1) is 11.5 Å². The van der Waals surface area contributed by atoms with Gasteiger partial charge in [-0.25, -0.2) is 4.79 Å².